The van der Waals surface area contributed by atoms with Crippen molar-refractivity contribution in [2.75, 3.05) is 52.7 Å². The molecule has 2 amide bonds. The molecule has 40 heavy (non-hydrogen) atoms. The molecular weight excluding hydrogens is 556 g/mol. The number of nitrogens with zero attached hydrogens (tertiary/aromatic N) is 3. The van der Waals surface area contributed by atoms with Gasteiger partial charge in [-0.25, -0.2) is 8.42 Å². The summed E-state index contributed by atoms with van der Waals surface area (Å²) < 4.78 is 34.0. The van der Waals surface area contributed by atoms with Crippen LogP contribution in [0, 0.1) is 5.92 Å². The third kappa shape index (κ3) is 7.94. The van der Waals surface area contributed by atoms with E-state index in [2.05, 4.69) is 5.32 Å². The van der Waals surface area contributed by atoms with E-state index in [-0.39, 0.29) is 53.6 Å². The van der Waals surface area contributed by atoms with Crippen LogP contribution in [0.25, 0.3) is 0 Å². The van der Waals surface area contributed by atoms with Crippen molar-refractivity contribution in [1.82, 2.24) is 14.1 Å². The van der Waals surface area contributed by atoms with Crippen molar-refractivity contribution >= 4 is 39.1 Å². The van der Waals surface area contributed by atoms with Crippen LogP contribution in [-0.2, 0) is 14.8 Å². The van der Waals surface area contributed by atoms with Crippen LogP contribution in [0.1, 0.15) is 37.0 Å². The molecule has 1 aliphatic heterocycles. The fourth-order valence-corrected chi connectivity index (χ4v) is 5.74. The highest BCUT2D eigenvalue weighted by Gasteiger charge is 2.35. The van der Waals surface area contributed by atoms with Gasteiger partial charge in [0.25, 0.3) is 5.91 Å². The number of hydrogen-bond donors (Lipinski definition) is 2. The van der Waals surface area contributed by atoms with Crippen LogP contribution in [0.3, 0.4) is 0 Å². The summed E-state index contributed by atoms with van der Waals surface area (Å²) in [6.45, 7) is 4.42. The predicted octanol–water partition coefficient (Wildman–Crippen LogP) is 3.16. The number of carbonyl (C=O) groups excluding carboxylic acids is 2. The van der Waals surface area contributed by atoms with E-state index in [1.807, 2.05) is 25.9 Å². The van der Waals surface area contributed by atoms with Crippen LogP contribution in [0.15, 0.2) is 47.4 Å². The molecule has 220 valence electrons. The number of aliphatic hydroxyl groups excluding tert-OH is 1. The Morgan fingerprint density at radius 1 is 1.20 bits per heavy atom. The fourth-order valence-electron chi connectivity index (χ4n) is 4.44. The molecule has 0 aromatic heterocycles. The van der Waals surface area contributed by atoms with Crippen LogP contribution in [0.2, 0.25) is 5.02 Å². The van der Waals surface area contributed by atoms with E-state index in [0.717, 1.165) is 6.54 Å². The Morgan fingerprint density at radius 2 is 1.88 bits per heavy atom. The van der Waals surface area contributed by atoms with Gasteiger partial charge in [0.1, 0.15) is 11.9 Å². The zero-order chi connectivity index (χ0) is 29.6. The quantitative estimate of drug-likeness (QED) is 0.410. The van der Waals surface area contributed by atoms with Gasteiger partial charge in [0.05, 0.1) is 29.7 Å². The van der Waals surface area contributed by atoms with Crippen molar-refractivity contribution in [3.8, 4) is 5.75 Å². The molecule has 1 heterocycles. The van der Waals surface area contributed by atoms with Gasteiger partial charge in [-0.1, -0.05) is 18.5 Å². The van der Waals surface area contributed by atoms with Crippen molar-refractivity contribution in [2.45, 2.75) is 43.7 Å². The van der Waals surface area contributed by atoms with Gasteiger partial charge >= 0.3 is 0 Å². The van der Waals surface area contributed by atoms with Gasteiger partial charge in [-0.3, -0.25) is 9.59 Å². The van der Waals surface area contributed by atoms with Crippen molar-refractivity contribution < 1.29 is 27.9 Å². The second-order valence-electron chi connectivity index (χ2n) is 10.5. The number of fused-ring (bicyclic) bond motifs is 1. The lowest BCUT2D eigenvalue weighted by Crippen LogP contribution is -2.50. The summed E-state index contributed by atoms with van der Waals surface area (Å²) in [4.78, 5) is 29.8. The molecule has 3 atom stereocenters. The SMILES string of the molecule is C[C@H]1CN([C@@H](C)CO)C(=O)c2cc(NC(=O)CCCN(C)C)ccc2O[C@@H]1CN(C)S(=O)(=O)c1ccc(Cl)cc1. The lowest BCUT2D eigenvalue weighted by molar-refractivity contribution is -0.116. The highest BCUT2D eigenvalue weighted by Crippen LogP contribution is 2.31. The summed E-state index contributed by atoms with van der Waals surface area (Å²) in [5.74, 6) is -0.501. The van der Waals surface area contributed by atoms with Crippen molar-refractivity contribution in [1.29, 1.82) is 0 Å². The zero-order valence-corrected chi connectivity index (χ0v) is 25.2. The van der Waals surface area contributed by atoms with Gasteiger partial charge in [0.15, 0.2) is 0 Å². The lowest BCUT2D eigenvalue weighted by atomic mass is 9.99. The predicted molar refractivity (Wildman–Crippen MR) is 155 cm³/mol. The number of sulfonamides is 1. The first kappa shape index (κ1) is 31.8. The van der Waals surface area contributed by atoms with Gasteiger partial charge in [-0.2, -0.15) is 4.31 Å². The molecule has 0 radical (unpaired) electrons. The summed E-state index contributed by atoms with van der Waals surface area (Å²) >= 11 is 5.93. The topological polar surface area (TPSA) is 119 Å². The third-order valence-electron chi connectivity index (χ3n) is 6.92. The monoisotopic (exact) mass is 594 g/mol. The number of halogens is 1. The molecule has 0 fully saturated rings. The second kappa shape index (κ2) is 13.8. The highest BCUT2D eigenvalue weighted by molar-refractivity contribution is 7.89. The summed E-state index contributed by atoms with van der Waals surface area (Å²) in [6, 6.07) is 10.3. The van der Waals surface area contributed by atoms with Gasteiger partial charge in [0, 0.05) is 36.6 Å². The Labute approximate surface area is 241 Å². The normalized spacial score (nSPS) is 18.6. The van der Waals surface area contributed by atoms with E-state index in [4.69, 9.17) is 16.3 Å². The Hall–Kier alpha value is -2.70. The number of ether oxygens (including phenoxy) is 1. The minimum Gasteiger partial charge on any atom is -0.488 e. The van der Waals surface area contributed by atoms with Gasteiger partial charge in [0.2, 0.25) is 15.9 Å². The molecule has 0 saturated heterocycles. The smallest absolute Gasteiger partial charge is 0.258 e. The number of amides is 2. The van der Waals surface area contributed by atoms with Crippen LogP contribution in [0.4, 0.5) is 5.69 Å². The zero-order valence-electron chi connectivity index (χ0n) is 23.6. The molecule has 0 unspecified atom stereocenters. The molecule has 0 aliphatic carbocycles. The molecule has 0 bridgehead atoms. The lowest BCUT2D eigenvalue weighted by Gasteiger charge is -2.38. The summed E-state index contributed by atoms with van der Waals surface area (Å²) in [5.41, 5.74) is 0.682. The number of anilines is 1. The van der Waals surface area contributed by atoms with Crippen molar-refractivity contribution in [3.05, 3.63) is 53.1 Å². The van der Waals surface area contributed by atoms with Crippen molar-refractivity contribution in [2.24, 2.45) is 5.92 Å². The number of benzene rings is 2. The number of nitrogens with one attached hydrogen (secondary N) is 1. The fraction of sp³-hybridized carbons (Fsp3) is 0.500. The Balaban J connectivity index is 1.89. The largest absolute Gasteiger partial charge is 0.488 e. The maximum atomic E-state index is 13.6. The Kier molecular flexibility index (Phi) is 11.0. The summed E-state index contributed by atoms with van der Waals surface area (Å²) in [7, 11) is 1.53. The summed E-state index contributed by atoms with van der Waals surface area (Å²) in [6.07, 6.45) is 0.417. The van der Waals surface area contributed by atoms with Gasteiger partial charge in [-0.05, 0) is 76.4 Å². The molecule has 2 aromatic carbocycles. The molecule has 0 saturated carbocycles. The first-order valence-electron chi connectivity index (χ1n) is 13.2. The minimum atomic E-state index is -3.83. The maximum Gasteiger partial charge on any atom is 0.258 e. The maximum absolute atomic E-state index is 13.6. The summed E-state index contributed by atoms with van der Waals surface area (Å²) in [5, 5.41) is 13.2. The third-order valence-corrected chi connectivity index (χ3v) is 9.01. The average molecular weight is 595 g/mol. The number of rotatable bonds is 11. The van der Waals surface area contributed by atoms with E-state index in [1.165, 1.54) is 35.6 Å². The average Bonchev–Trinajstić information content (AvgIpc) is 2.90. The number of carbonyl (C=O) groups is 2. The molecule has 2 N–H and O–H groups in total. The molecular formula is C28H39ClN4O6S. The van der Waals surface area contributed by atoms with Crippen LogP contribution >= 0.6 is 11.6 Å². The van der Waals surface area contributed by atoms with E-state index in [9.17, 15) is 23.1 Å². The van der Waals surface area contributed by atoms with E-state index >= 15 is 0 Å². The van der Waals surface area contributed by atoms with E-state index < -0.39 is 22.2 Å². The first-order valence-corrected chi connectivity index (χ1v) is 15.0. The molecule has 10 nitrogen and oxygen atoms in total. The number of hydrogen-bond acceptors (Lipinski definition) is 7. The van der Waals surface area contributed by atoms with Crippen molar-refractivity contribution in [3.63, 3.8) is 0 Å². The van der Waals surface area contributed by atoms with Crippen LogP contribution in [-0.4, -0.2) is 99.0 Å². The number of likely N-dealkylation sites (N-methyl/N-ethyl adjacent to an activating group) is 1. The second-order valence-corrected chi connectivity index (χ2v) is 13.0. The Bertz CT molecular complexity index is 1290. The highest BCUT2D eigenvalue weighted by atomic mass is 35.5. The molecule has 0 spiro atoms. The molecule has 3 rings (SSSR count). The molecule has 12 heteroatoms. The van der Waals surface area contributed by atoms with E-state index in [1.54, 1.807) is 30.0 Å². The Morgan fingerprint density at radius 3 is 2.50 bits per heavy atom. The first-order chi connectivity index (χ1) is 18.8. The number of aliphatic hydroxyl groups is 1. The standard InChI is InChI=1S/C28H39ClN4O6S/c1-19-16-33(20(2)18-34)28(36)24-15-22(30-27(35)7-6-14-31(3)4)10-13-25(24)39-26(19)17-32(5)40(37,38)23-11-8-21(29)9-12-23/h8-13,15,19-20,26,34H,6-7,14,16-18H2,1-5H3,(H,30,35)/t19-,20-,26+/m0/s1. The van der Waals surface area contributed by atoms with E-state index in [0.29, 0.717) is 23.6 Å². The molecule has 1 aliphatic rings. The van der Waals surface area contributed by atoms with Gasteiger partial charge < -0.3 is 25.0 Å². The van der Waals surface area contributed by atoms with Crippen LogP contribution in [0.5, 0.6) is 5.75 Å². The minimum absolute atomic E-state index is 0.0193. The van der Waals surface area contributed by atoms with Crippen LogP contribution < -0.4 is 10.1 Å². The molecule has 2 aromatic rings. The van der Waals surface area contributed by atoms with Gasteiger partial charge in [-0.15, -0.1) is 0 Å².